The molecule has 5 heteroatoms. The van der Waals surface area contributed by atoms with Gasteiger partial charge in [-0.15, -0.1) is 0 Å². The first kappa shape index (κ1) is 14.2. The summed E-state index contributed by atoms with van der Waals surface area (Å²) >= 11 is 0. The molecule has 23 heavy (non-hydrogen) atoms. The molecule has 5 nitrogen and oxygen atoms in total. The molecule has 2 bridgehead atoms. The summed E-state index contributed by atoms with van der Waals surface area (Å²) in [6, 6.07) is 5.60. The van der Waals surface area contributed by atoms with Crippen molar-refractivity contribution < 1.29 is 4.79 Å². The number of nitrogens with one attached hydrogen (secondary N) is 2. The summed E-state index contributed by atoms with van der Waals surface area (Å²) in [6.07, 6.45) is 9.77. The number of carbonyl (C=O) groups excluding carboxylic acids is 1. The molecule has 2 fully saturated rings. The van der Waals surface area contributed by atoms with E-state index in [9.17, 15) is 9.59 Å². The highest BCUT2D eigenvalue weighted by molar-refractivity contribution is 5.95. The Balaban J connectivity index is 1.58. The van der Waals surface area contributed by atoms with Gasteiger partial charge < -0.3 is 10.3 Å². The van der Waals surface area contributed by atoms with E-state index in [-0.39, 0.29) is 23.1 Å². The van der Waals surface area contributed by atoms with Crippen molar-refractivity contribution in [3.05, 3.63) is 52.7 Å². The Kier molecular flexibility index (Phi) is 3.48. The maximum absolute atomic E-state index is 12.5. The van der Waals surface area contributed by atoms with Gasteiger partial charge in [-0.05, 0) is 60.4 Å². The smallest absolute Gasteiger partial charge is 0.260 e. The number of H-pyrrole nitrogens is 1. The van der Waals surface area contributed by atoms with Gasteiger partial charge in [0, 0.05) is 24.6 Å². The monoisotopic (exact) mass is 309 g/mol. The SMILES string of the molecule is O=C(NC1CC2CCC1C2)c1cc(-c2ccncc2)c[nH]c1=O. The van der Waals surface area contributed by atoms with E-state index in [1.54, 1.807) is 24.7 Å². The molecule has 0 spiro atoms. The largest absolute Gasteiger partial charge is 0.349 e. The van der Waals surface area contributed by atoms with Gasteiger partial charge in [0.15, 0.2) is 0 Å². The van der Waals surface area contributed by atoms with Gasteiger partial charge in [-0.3, -0.25) is 14.6 Å². The summed E-state index contributed by atoms with van der Waals surface area (Å²) in [4.78, 5) is 31.2. The molecule has 4 rings (SSSR count). The molecule has 2 aromatic rings. The van der Waals surface area contributed by atoms with E-state index in [0.29, 0.717) is 5.92 Å². The van der Waals surface area contributed by atoms with Gasteiger partial charge in [0.1, 0.15) is 5.56 Å². The second-order valence-corrected chi connectivity index (χ2v) is 6.62. The average molecular weight is 309 g/mol. The van der Waals surface area contributed by atoms with Crippen LogP contribution >= 0.6 is 0 Å². The summed E-state index contributed by atoms with van der Waals surface area (Å²) in [6.45, 7) is 0. The van der Waals surface area contributed by atoms with Crippen molar-refractivity contribution >= 4 is 5.91 Å². The van der Waals surface area contributed by atoms with Crippen molar-refractivity contribution in [3.8, 4) is 11.1 Å². The third-order valence-corrected chi connectivity index (χ3v) is 5.22. The van der Waals surface area contributed by atoms with E-state index < -0.39 is 0 Å². The molecule has 3 unspecified atom stereocenters. The van der Waals surface area contributed by atoms with Gasteiger partial charge in [-0.1, -0.05) is 6.42 Å². The predicted octanol–water partition coefficient (Wildman–Crippen LogP) is 2.36. The molecular formula is C18H19N3O2. The molecular weight excluding hydrogens is 290 g/mol. The molecule has 3 atom stereocenters. The highest BCUT2D eigenvalue weighted by Gasteiger charge is 2.40. The van der Waals surface area contributed by atoms with Crippen LogP contribution in [0.3, 0.4) is 0 Å². The number of nitrogens with zero attached hydrogens (tertiary/aromatic N) is 1. The molecule has 2 heterocycles. The first-order chi connectivity index (χ1) is 11.2. The summed E-state index contributed by atoms with van der Waals surface area (Å²) in [5.41, 5.74) is 1.57. The van der Waals surface area contributed by atoms with Crippen LogP contribution in [0.1, 0.15) is 36.0 Å². The minimum absolute atomic E-state index is 0.182. The fourth-order valence-electron chi connectivity index (χ4n) is 4.03. The van der Waals surface area contributed by atoms with E-state index in [4.69, 9.17) is 0 Å². The van der Waals surface area contributed by atoms with Crippen LogP contribution in [0.15, 0.2) is 41.6 Å². The first-order valence-electron chi connectivity index (χ1n) is 8.14. The lowest BCUT2D eigenvalue weighted by Crippen LogP contribution is -2.40. The highest BCUT2D eigenvalue weighted by atomic mass is 16.2. The minimum Gasteiger partial charge on any atom is -0.349 e. The summed E-state index contributed by atoms with van der Waals surface area (Å²) in [7, 11) is 0. The Morgan fingerprint density at radius 2 is 2.00 bits per heavy atom. The van der Waals surface area contributed by atoms with Crippen LogP contribution in [0.25, 0.3) is 11.1 Å². The number of fused-ring (bicyclic) bond motifs is 2. The van der Waals surface area contributed by atoms with Crippen molar-refractivity contribution in [1.82, 2.24) is 15.3 Å². The van der Waals surface area contributed by atoms with Gasteiger partial charge in [-0.2, -0.15) is 0 Å². The number of amides is 1. The minimum atomic E-state index is -0.344. The van der Waals surface area contributed by atoms with Gasteiger partial charge >= 0.3 is 0 Å². The fraction of sp³-hybridized carbons (Fsp3) is 0.389. The normalized spacial score (nSPS) is 25.5. The van der Waals surface area contributed by atoms with Gasteiger partial charge in [-0.25, -0.2) is 0 Å². The van der Waals surface area contributed by atoms with Crippen LogP contribution in [-0.4, -0.2) is 21.9 Å². The zero-order valence-electron chi connectivity index (χ0n) is 12.8. The standard InChI is InChI=1S/C18H19N3O2/c22-17-15(9-14(10-20-17)12-3-5-19-6-4-12)18(23)21-16-8-11-1-2-13(16)7-11/h3-6,9-11,13,16H,1-2,7-8H2,(H,20,22)(H,21,23). The van der Waals surface area contributed by atoms with E-state index in [0.717, 1.165) is 23.5 Å². The lowest BCUT2D eigenvalue weighted by Gasteiger charge is -2.22. The van der Waals surface area contributed by atoms with Gasteiger partial charge in [0.05, 0.1) is 0 Å². The quantitative estimate of drug-likeness (QED) is 0.914. The number of carbonyl (C=O) groups is 1. The predicted molar refractivity (Wildman–Crippen MR) is 87.0 cm³/mol. The second kappa shape index (κ2) is 5.65. The van der Waals surface area contributed by atoms with Gasteiger partial charge in [0.25, 0.3) is 11.5 Å². The molecule has 2 saturated carbocycles. The van der Waals surface area contributed by atoms with Crippen LogP contribution in [0.5, 0.6) is 0 Å². The Morgan fingerprint density at radius 3 is 2.70 bits per heavy atom. The van der Waals surface area contributed by atoms with Crippen molar-refractivity contribution in [1.29, 1.82) is 0 Å². The van der Waals surface area contributed by atoms with Crippen molar-refractivity contribution in [2.24, 2.45) is 11.8 Å². The Hall–Kier alpha value is -2.43. The maximum Gasteiger partial charge on any atom is 0.260 e. The first-order valence-corrected chi connectivity index (χ1v) is 8.14. The Labute approximate surface area is 134 Å². The number of aromatic nitrogens is 2. The molecule has 118 valence electrons. The number of aromatic amines is 1. The maximum atomic E-state index is 12.5. The molecule has 0 saturated heterocycles. The van der Waals surface area contributed by atoms with Gasteiger partial charge in [0.2, 0.25) is 0 Å². The molecule has 1 amide bonds. The van der Waals surface area contributed by atoms with Crippen LogP contribution < -0.4 is 10.9 Å². The zero-order valence-corrected chi connectivity index (χ0v) is 12.8. The number of rotatable bonds is 3. The third kappa shape index (κ3) is 2.67. The highest BCUT2D eigenvalue weighted by Crippen LogP contribution is 2.44. The van der Waals surface area contributed by atoms with E-state index in [1.165, 1.54) is 19.3 Å². The molecule has 2 aromatic heterocycles. The number of pyridine rings is 2. The Morgan fingerprint density at radius 1 is 1.17 bits per heavy atom. The number of hydrogen-bond acceptors (Lipinski definition) is 3. The van der Waals surface area contributed by atoms with Crippen LogP contribution in [0, 0.1) is 11.8 Å². The fourth-order valence-corrected chi connectivity index (χ4v) is 4.03. The number of hydrogen-bond donors (Lipinski definition) is 2. The van der Waals surface area contributed by atoms with Crippen LogP contribution in [0.4, 0.5) is 0 Å². The van der Waals surface area contributed by atoms with E-state index in [1.807, 2.05) is 12.1 Å². The molecule has 0 aromatic carbocycles. The second-order valence-electron chi connectivity index (χ2n) is 6.62. The summed E-state index contributed by atoms with van der Waals surface area (Å²) in [5, 5.41) is 3.07. The summed E-state index contributed by atoms with van der Waals surface area (Å²) in [5.74, 6) is 1.08. The third-order valence-electron chi connectivity index (χ3n) is 5.22. The van der Waals surface area contributed by atoms with Crippen molar-refractivity contribution in [2.75, 3.05) is 0 Å². The van der Waals surface area contributed by atoms with Crippen molar-refractivity contribution in [2.45, 2.75) is 31.7 Å². The van der Waals surface area contributed by atoms with E-state index in [2.05, 4.69) is 15.3 Å². The molecule has 2 N–H and O–H groups in total. The van der Waals surface area contributed by atoms with E-state index >= 15 is 0 Å². The summed E-state index contributed by atoms with van der Waals surface area (Å²) < 4.78 is 0. The van der Waals surface area contributed by atoms with Crippen molar-refractivity contribution in [3.63, 3.8) is 0 Å². The molecule has 0 aliphatic heterocycles. The van der Waals surface area contributed by atoms with Crippen LogP contribution in [0.2, 0.25) is 0 Å². The average Bonchev–Trinajstić information content (AvgIpc) is 3.19. The molecule has 2 aliphatic carbocycles. The Bertz CT molecular complexity index is 784. The van der Waals surface area contributed by atoms with Crippen LogP contribution in [-0.2, 0) is 0 Å². The molecule has 2 aliphatic rings. The topological polar surface area (TPSA) is 74.8 Å². The lowest BCUT2D eigenvalue weighted by molar-refractivity contribution is 0.0921. The molecule has 0 radical (unpaired) electrons. The zero-order chi connectivity index (χ0) is 15.8. The lowest BCUT2D eigenvalue weighted by atomic mass is 9.95.